The van der Waals surface area contributed by atoms with Crippen LogP contribution in [0.2, 0.25) is 0 Å². The van der Waals surface area contributed by atoms with Gasteiger partial charge in [-0.2, -0.15) is 0 Å². The highest BCUT2D eigenvalue weighted by atomic mass is 16.5. The lowest BCUT2D eigenvalue weighted by Gasteiger charge is -2.32. The highest BCUT2D eigenvalue weighted by Gasteiger charge is 2.34. The van der Waals surface area contributed by atoms with Gasteiger partial charge in [-0.1, -0.05) is 0 Å². The van der Waals surface area contributed by atoms with E-state index in [4.69, 9.17) is 10.5 Å². The zero-order chi connectivity index (χ0) is 11.0. The fraction of sp³-hybridized carbons (Fsp3) is 0.636. The van der Waals surface area contributed by atoms with E-state index in [-0.39, 0.29) is 0 Å². The van der Waals surface area contributed by atoms with Crippen molar-refractivity contribution in [2.75, 3.05) is 18.0 Å². The normalized spacial score (nSPS) is 28.4. The van der Waals surface area contributed by atoms with Crippen molar-refractivity contribution in [3.05, 3.63) is 18.0 Å². The first-order chi connectivity index (χ1) is 7.85. The van der Waals surface area contributed by atoms with Crippen LogP contribution in [0.5, 0.6) is 0 Å². The van der Waals surface area contributed by atoms with E-state index in [9.17, 15) is 0 Å². The van der Waals surface area contributed by atoms with Crippen molar-refractivity contribution in [3.63, 3.8) is 0 Å². The molecule has 2 unspecified atom stereocenters. The zero-order valence-electron chi connectivity index (χ0n) is 9.17. The molecule has 2 atom stereocenters. The van der Waals surface area contributed by atoms with Crippen molar-refractivity contribution in [1.82, 2.24) is 9.97 Å². The number of nitrogens with zero attached hydrogens (tertiary/aromatic N) is 3. The third-order valence-electron chi connectivity index (χ3n) is 3.24. The standard InChI is InChI=1S/C11H16N4O/c12-5-8-3-4-13-11(14-8)15-6-9-1-2-10(7-15)16-9/h3-4,9-10H,1-2,5-7,12H2. The third-order valence-corrected chi connectivity index (χ3v) is 3.24. The predicted molar refractivity (Wildman–Crippen MR) is 60.0 cm³/mol. The molecule has 2 N–H and O–H groups in total. The molecule has 0 saturated carbocycles. The Morgan fingerprint density at radius 2 is 2.12 bits per heavy atom. The summed E-state index contributed by atoms with van der Waals surface area (Å²) in [7, 11) is 0. The van der Waals surface area contributed by atoms with Crippen molar-refractivity contribution in [3.8, 4) is 0 Å². The molecule has 3 rings (SSSR count). The smallest absolute Gasteiger partial charge is 0.225 e. The maximum Gasteiger partial charge on any atom is 0.225 e. The predicted octanol–water partition coefficient (Wildman–Crippen LogP) is 0.303. The Bertz CT molecular complexity index is 372. The van der Waals surface area contributed by atoms with Crippen LogP contribution in [0.1, 0.15) is 18.5 Å². The Balaban J connectivity index is 1.81. The molecule has 2 bridgehead atoms. The van der Waals surface area contributed by atoms with Crippen molar-refractivity contribution in [2.24, 2.45) is 5.73 Å². The van der Waals surface area contributed by atoms with Crippen LogP contribution in [-0.4, -0.2) is 35.3 Å². The van der Waals surface area contributed by atoms with Gasteiger partial charge in [0.1, 0.15) is 0 Å². The van der Waals surface area contributed by atoms with Crippen LogP contribution in [0.3, 0.4) is 0 Å². The molecule has 1 aromatic rings. The largest absolute Gasteiger partial charge is 0.371 e. The number of aromatic nitrogens is 2. The van der Waals surface area contributed by atoms with Crippen molar-refractivity contribution < 1.29 is 4.74 Å². The monoisotopic (exact) mass is 220 g/mol. The molecular formula is C11H16N4O. The van der Waals surface area contributed by atoms with Gasteiger partial charge in [0.05, 0.1) is 17.9 Å². The first-order valence-electron chi connectivity index (χ1n) is 5.77. The highest BCUT2D eigenvalue weighted by molar-refractivity contribution is 5.32. The summed E-state index contributed by atoms with van der Waals surface area (Å²) < 4.78 is 5.78. The van der Waals surface area contributed by atoms with Crippen LogP contribution >= 0.6 is 0 Å². The van der Waals surface area contributed by atoms with E-state index in [1.807, 2.05) is 6.07 Å². The number of rotatable bonds is 2. The molecule has 1 aromatic heterocycles. The number of ether oxygens (including phenoxy) is 1. The van der Waals surface area contributed by atoms with Crippen LogP contribution < -0.4 is 10.6 Å². The second kappa shape index (κ2) is 3.99. The lowest BCUT2D eigenvalue weighted by Crippen LogP contribution is -2.43. The van der Waals surface area contributed by atoms with Crippen LogP contribution in [0, 0.1) is 0 Å². The molecule has 5 nitrogen and oxygen atoms in total. The molecule has 2 aliphatic rings. The summed E-state index contributed by atoms with van der Waals surface area (Å²) in [6.07, 6.45) is 4.84. The van der Waals surface area contributed by atoms with E-state index in [0.29, 0.717) is 18.8 Å². The lowest BCUT2D eigenvalue weighted by molar-refractivity contribution is 0.0299. The van der Waals surface area contributed by atoms with Gasteiger partial charge >= 0.3 is 0 Å². The number of nitrogens with two attached hydrogens (primary N) is 1. The van der Waals surface area contributed by atoms with Gasteiger partial charge in [0.2, 0.25) is 5.95 Å². The number of anilines is 1. The third kappa shape index (κ3) is 1.76. The van der Waals surface area contributed by atoms with E-state index in [1.165, 1.54) is 0 Å². The molecule has 0 amide bonds. The first-order valence-corrected chi connectivity index (χ1v) is 5.77. The average Bonchev–Trinajstić information content (AvgIpc) is 2.68. The molecule has 2 fully saturated rings. The maximum absolute atomic E-state index is 5.78. The Labute approximate surface area is 94.6 Å². The Kier molecular flexibility index (Phi) is 2.49. The summed E-state index contributed by atoms with van der Waals surface area (Å²) in [6.45, 7) is 2.28. The molecule has 86 valence electrons. The second-order valence-electron chi connectivity index (χ2n) is 4.41. The maximum atomic E-state index is 5.78. The van der Waals surface area contributed by atoms with Gasteiger partial charge in [-0.05, 0) is 18.9 Å². The van der Waals surface area contributed by atoms with Crippen LogP contribution in [-0.2, 0) is 11.3 Å². The molecule has 16 heavy (non-hydrogen) atoms. The Hall–Kier alpha value is -1.20. The number of morpholine rings is 1. The molecule has 5 heteroatoms. The van der Waals surface area contributed by atoms with E-state index in [2.05, 4.69) is 14.9 Å². The molecule has 2 aliphatic heterocycles. The van der Waals surface area contributed by atoms with E-state index in [1.54, 1.807) is 6.20 Å². The molecule has 0 aromatic carbocycles. The fourth-order valence-corrected chi connectivity index (χ4v) is 2.43. The summed E-state index contributed by atoms with van der Waals surface area (Å²) in [4.78, 5) is 11.0. The molecule has 0 spiro atoms. The number of hydrogen-bond acceptors (Lipinski definition) is 5. The Morgan fingerprint density at radius 3 is 2.81 bits per heavy atom. The summed E-state index contributed by atoms with van der Waals surface area (Å²) in [5, 5.41) is 0. The van der Waals surface area contributed by atoms with Gasteiger partial charge in [0.15, 0.2) is 0 Å². The lowest BCUT2D eigenvalue weighted by atomic mass is 10.2. The van der Waals surface area contributed by atoms with Gasteiger partial charge in [-0.3, -0.25) is 0 Å². The number of hydrogen-bond donors (Lipinski definition) is 1. The van der Waals surface area contributed by atoms with Crippen LogP contribution in [0.25, 0.3) is 0 Å². The molecular weight excluding hydrogens is 204 g/mol. The van der Waals surface area contributed by atoms with E-state index >= 15 is 0 Å². The van der Waals surface area contributed by atoms with Gasteiger partial charge in [0.25, 0.3) is 0 Å². The van der Waals surface area contributed by atoms with Crippen molar-refractivity contribution >= 4 is 5.95 Å². The summed E-state index contributed by atoms with van der Waals surface area (Å²) in [5.41, 5.74) is 6.47. The van der Waals surface area contributed by atoms with Gasteiger partial charge < -0.3 is 15.4 Å². The summed E-state index contributed by atoms with van der Waals surface area (Å²) in [5.74, 6) is 0.795. The zero-order valence-corrected chi connectivity index (χ0v) is 9.17. The van der Waals surface area contributed by atoms with Gasteiger partial charge in [-0.15, -0.1) is 0 Å². The van der Waals surface area contributed by atoms with E-state index in [0.717, 1.165) is 37.6 Å². The summed E-state index contributed by atoms with van der Waals surface area (Å²) >= 11 is 0. The topological polar surface area (TPSA) is 64.3 Å². The number of fused-ring (bicyclic) bond motifs is 2. The first kappa shape index (κ1) is 9.99. The van der Waals surface area contributed by atoms with E-state index < -0.39 is 0 Å². The SMILES string of the molecule is NCc1ccnc(N2CC3CCC(C2)O3)n1. The van der Waals surface area contributed by atoms with Crippen molar-refractivity contribution in [1.29, 1.82) is 0 Å². The molecule has 2 saturated heterocycles. The van der Waals surface area contributed by atoms with Gasteiger partial charge in [0, 0.05) is 25.8 Å². The van der Waals surface area contributed by atoms with Gasteiger partial charge in [-0.25, -0.2) is 9.97 Å². The summed E-state index contributed by atoms with van der Waals surface area (Å²) in [6, 6.07) is 1.86. The van der Waals surface area contributed by atoms with Crippen LogP contribution in [0.15, 0.2) is 12.3 Å². The second-order valence-corrected chi connectivity index (χ2v) is 4.41. The highest BCUT2D eigenvalue weighted by Crippen LogP contribution is 2.27. The minimum atomic E-state index is 0.365. The molecule has 0 radical (unpaired) electrons. The Morgan fingerprint density at radius 1 is 1.38 bits per heavy atom. The fourth-order valence-electron chi connectivity index (χ4n) is 2.43. The molecule has 0 aliphatic carbocycles. The average molecular weight is 220 g/mol. The minimum absolute atomic E-state index is 0.365. The minimum Gasteiger partial charge on any atom is -0.371 e. The molecule has 3 heterocycles. The quantitative estimate of drug-likeness (QED) is 0.776. The van der Waals surface area contributed by atoms with Crippen molar-refractivity contribution in [2.45, 2.75) is 31.6 Å². The van der Waals surface area contributed by atoms with Crippen LogP contribution in [0.4, 0.5) is 5.95 Å².